The lowest BCUT2D eigenvalue weighted by atomic mass is 9.84. The van der Waals surface area contributed by atoms with Crippen molar-refractivity contribution in [1.29, 1.82) is 0 Å². The van der Waals surface area contributed by atoms with E-state index in [4.69, 9.17) is 9.57 Å². The molecule has 1 aromatic rings. The minimum Gasteiger partial charge on any atom is -0.427 e. The van der Waals surface area contributed by atoms with Gasteiger partial charge in [-0.15, -0.1) is 5.06 Å². The third kappa shape index (κ3) is 5.99. The average Bonchev–Trinajstić information content (AvgIpc) is 2.48. The highest BCUT2D eigenvalue weighted by atomic mass is 16.8. The Balaban J connectivity index is 1.90. The minimum absolute atomic E-state index is 0.467. The standard InChI is InChI=1S/C19H30N2O4/c1-18(2,3)24-17(22)25-21-12-10-19(23,11-13-21)16-8-6-15(7-9-16)14-20(4)5/h6-9,23H,10-14H2,1-5H3. The molecule has 0 atom stereocenters. The van der Waals surface area contributed by atoms with Crippen molar-refractivity contribution in [2.75, 3.05) is 27.2 Å². The molecule has 6 nitrogen and oxygen atoms in total. The first-order chi connectivity index (χ1) is 11.6. The Hall–Kier alpha value is -1.63. The topological polar surface area (TPSA) is 62.2 Å². The van der Waals surface area contributed by atoms with Gasteiger partial charge in [0.05, 0.1) is 5.60 Å². The fraction of sp³-hybridized carbons (Fsp3) is 0.632. The van der Waals surface area contributed by atoms with Crippen molar-refractivity contribution in [1.82, 2.24) is 9.96 Å². The lowest BCUT2D eigenvalue weighted by Crippen LogP contribution is -2.44. The number of piperidine rings is 1. The maximum absolute atomic E-state index is 11.7. The van der Waals surface area contributed by atoms with E-state index in [0.29, 0.717) is 25.9 Å². The van der Waals surface area contributed by atoms with E-state index in [-0.39, 0.29) is 0 Å². The van der Waals surface area contributed by atoms with Crippen molar-refractivity contribution in [2.45, 2.75) is 51.4 Å². The van der Waals surface area contributed by atoms with E-state index >= 15 is 0 Å². The maximum atomic E-state index is 11.7. The summed E-state index contributed by atoms with van der Waals surface area (Å²) in [6.07, 6.45) is 0.303. The first kappa shape index (κ1) is 19.7. The molecule has 1 aliphatic rings. The van der Waals surface area contributed by atoms with E-state index in [1.165, 1.54) is 5.56 Å². The average molecular weight is 350 g/mol. The van der Waals surface area contributed by atoms with Gasteiger partial charge in [-0.1, -0.05) is 24.3 Å². The Morgan fingerprint density at radius 2 is 1.76 bits per heavy atom. The lowest BCUT2D eigenvalue weighted by Gasteiger charge is -2.37. The zero-order chi connectivity index (χ0) is 18.7. The van der Waals surface area contributed by atoms with Crippen molar-refractivity contribution >= 4 is 6.16 Å². The van der Waals surface area contributed by atoms with Gasteiger partial charge in [-0.2, -0.15) is 0 Å². The summed E-state index contributed by atoms with van der Waals surface area (Å²) in [5, 5.41) is 12.5. The molecular formula is C19H30N2O4. The molecule has 1 fully saturated rings. The Bertz CT molecular complexity index is 570. The number of hydrogen-bond donors (Lipinski definition) is 1. The monoisotopic (exact) mass is 350 g/mol. The predicted molar refractivity (Wildman–Crippen MR) is 95.9 cm³/mol. The molecule has 1 aromatic carbocycles. The molecular weight excluding hydrogens is 320 g/mol. The Labute approximate surface area is 150 Å². The summed E-state index contributed by atoms with van der Waals surface area (Å²) in [5.41, 5.74) is 0.654. The van der Waals surface area contributed by atoms with Crippen LogP contribution in [0.3, 0.4) is 0 Å². The predicted octanol–water partition coefficient (Wildman–Crippen LogP) is 2.90. The number of benzene rings is 1. The molecule has 2 rings (SSSR count). The van der Waals surface area contributed by atoms with Crippen molar-refractivity contribution in [3.63, 3.8) is 0 Å². The van der Waals surface area contributed by atoms with Crippen molar-refractivity contribution < 1.29 is 19.5 Å². The molecule has 0 aromatic heterocycles. The molecule has 6 heteroatoms. The fourth-order valence-corrected chi connectivity index (χ4v) is 2.90. The van der Waals surface area contributed by atoms with Gasteiger partial charge < -0.3 is 19.6 Å². The number of nitrogens with zero attached hydrogens (tertiary/aromatic N) is 2. The van der Waals surface area contributed by atoms with Crippen LogP contribution in [0, 0.1) is 0 Å². The summed E-state index contributed by atoms with van der Waals surface area (Å²) < 4.78 is 5.15. The zero-order valence-corrected chi connectivity index (χ0v) is 15.9. The first-order valence-electron chi connectivity index (χ1n) is 8.70. The highest BCUT2D eigenvalue weighted by molar-refractivity contribution is 5.60. The van der Waals surface area contributed by atoms with Gasteiger partial charge in [-0.25, -0.2) is 4.79 Å². The summed E-state index contributed by atoms with van der Waals surface area (Å²) in [4.78, 5) is 19.1. The van der Waals surface area contributed by atoms with Crippen LogP contribution in [0.4, 0.5) is 4.79 Å². The van der Waals surface area contributed by atoms with Crippen LogP contribution in [-0.2, 0) is 21.7 Å². The van der Waals surface area contributed by atoms with Crippen LogP contribution in [0.1, 0.15) is 44.7 Å². The molecule has 0 unspecified atom stereocenters. The van der Waals surface area contributed by atoms with Gasteiger partial charge in [0, 0.05) is 19.6 Å². The molecule has 0 amide bonds. The van der Waals surface area contributed by atoms with E-state index in [1.54, 1.807) is 25.8 Å². The minimum atomic E-state index is -0.884. The van der Waals surface area contributed by atoms with Crippen LogP contribution >= 0.6 is 0 Å². The Morgan fingerprint density at radius 3 is 2.24 bits per heavy atom. The molecule has 1 N–H and O–H groups in total. The van der Waals surface area contributed by atoms with Crippen molar-refractivity contribution in [3.8, 4) is 0 Å². The number of aliphatic hydroxyl groups is 1. The number of rotatable bonds is 4. The van der Waals surface area contributed by atoms with E-state index in [9.17, 15) is 9.90 Å². The molecule has 1 saturated heterocycles. The van der Waals surface area contributed by atoms with Gasteiger partial charge in [0.2, 0.25) is 0 Å². The number of hydrogen-bond acceptors (Lipinski definition) is 6. The summed E-state index contributed by atoms with van der Waals surface area (Å²) >= 11 is 0. The highest BCUT2D eigenvalue weighted by Crippen LogP contribution is 2.33. The van der Waals surface area contributed by atoms with Crippen LogP contribution in [0.5, 0.6) is 0 Å². The number of hydroxylamine groups is 2. The molecule has 0 aliphatic carbocycles. The molecule has 25 heavy (non-hydrogen) atoms. The first-order valence-corrected chi connectivity index (χ1v) is 8.70. The Morgan fingerprint density at radius 1 is 1.20 bits per heavy atom. The zero-order valence-electron chi connectivity index (χ0n) is 15.9. The molecule has 1 heterocycles. The van der Waals surface area contributed by atoms with Gasteiger partial charge in [0.15, 0.2) is 0 Å². The summed E-state index contributed by atoms with van der Waals surface area (Å²) in [7, 11) is 4.06. The van der Waals surface area contributed by atoms with Crippen molar-refractivity contribution in [2.24, 2.45) is 0 Å². The second-order valence-corrected chi connectivity index (χ2v) is 7.95. The van der Waals surface area contributed by atoms with E-state index in [2.05, 4.69) is 17.0 Å². The molecule has 140 valence electrons. The maximum Gasteiger partial charge on any atom is 0.528 e. The second-order valence-electron chi connectivity index (χ2n) is 7.95. The van der Waals surface area contributed by atoms with E-state index in [1.807, 2.05) is 26.2 Å². The fourth-order valence-electron chi connectivity index (χ4n) is 2.90. The smallest absolute Gasteiger partial charge is 0.427 e. The third-order valence-corrected chi connectivity index (χ3v) is 4.13. The quantitative estimate of drug-likeness (QED) is 0.843. The van der Waals surface area contributed by atoms with Crippen LogP contribution < -0.4 is 0 Å². The molecule has 0 radical (unpaired) electrons. The van der Waals surface area contributed by atoms with Gasteiger partial charge in [-0.05, 0) is 58.8 Å². The molecule has 0 bridgehead atoms. The van der Waals surface area contributed by atoms with Crippen molar-refractivity contribution in [3.05, 3.63) is 35.4 Å². The number of carbonyl (C=O) groups is 1. The van der Waals surface area contributed by atoms with Gasteiger partial charge in [0.1, 0.15) is 5.60 Å². The number of ether oxygens (including phenoxy) is 1. The van der Waals surface area contributed by atoms with Crippen LogP contribution in [0.2, 0.25) is 0 Å². The summed E-state index contributed by atoms with van der Waals surface area (Å²) in [6.45, 7) is 7.19. The Kier molecular flexibility index (Phi) is 6.08. The lowest BCUT2D eigenvalue weighted by molar-refractivity contribution is -0.177. The van der Waals surface area contributed by atoms with E-state index in [0.717, 1.165) is 12.1 Å². The molecule has 0 spiro atoms. The van der Waals surface area contributed by atoms with E-state index < -0.39 is 17.4 Å². The normalized spacial score (nSPS) is 18.2. The van der Waals surface area contributed by atoms with Gasteiger partial charge in [-0.3, -0.25) is 0 Å². The molecule has 1 aliphatic heterocycles. The van der Waals surface area contributed by atoms with Gasteiger partial charge in [0.25, 0.3) is 0 Å². The highest BCUT2D eigenvalue weighted by Gasteiger charge is 2.35. The molecule has 0 saturated carbocycles. The largest absolute Gasteiger partial charge is 0.528 e. The number of carbonyl (C=O) groups excluding carboxylic acids is 1. The second kappa shape index (κ2) is 7.72. The van der Waals surface area contributed by atoms with Crippen LogP contribution in [-0.4, -0.2) is 54.0 Å². The van der Waals surface area contributed by atoms with Crippen LogP contribution in [0.15, 0.2) is 24.3 Å². The summed E-state index contributed by atoms with van der Waals surface area (Å²) in [5.74, 6) is 0. The summed E-state index contributed by atoms with van der Waals surface area (Å²) in [6, 6.07) is 8.08. The SMILES string of the molecule is CN(C)Cc1ccc(C2(O)CCN(OC(=O)OC(C)(C)C)CC2)cc1. The van der Waals surface area contributed by atoms with Crippen LogP contribution in [0.25, 0.3) is 0 Å². The third-order valence-electron chi connectivity index (χ3n) is 4.13. The van der Waals surface area contributed by atoms with Gasteiger partial charge >= 0.3 is 6.16 Å².